The minimum Gasteiger partial charge on any atom is -0.268 e. The lowest BCUT2D eigenvalue weighted by atomic mass is 10.0. The van der Waals surface area contributed by atoms with Gasteiger partial charge in [-0.15, -0.1) is 11.8 Å². The molecule has 3 nitrogen and oxygen atoms in total. The monoisotopic (exact) mass is 371 g/mol. The van der Waals surface area contributed by atoms with Crippen LogP contribution >= 0.6 is 23.4 Å². The Hall–Kier alpha value is -2.04. The molecule has 5 heteroatoms. The fourth-order valence-corrected chi connectivity index (χ4v) is 3.89. The number of imide groups is 1. The van der Waals surface area contributed by atoms with Crippen molar-refractivity contribution in [2.75, 3.05) is 4.90 Å². The molecule has 0 radical (unpaired) electrons. The molecule has 0 atom stereocenters. The Morgan fingerprint density at radius 2 is 1.60 bits per heavy atom. The van der Waals surface area contributed by atoms with Crippen molar-refractivity contribution in [2.24, 2.45) is 0 Å². The smallest absolute Gasteiger partial charge is 0.268 e. The average molecular weight is 372 g/mol. The van der Waals surface area contributed by atoms with Gasteiger partial charge in [0.1, 0.15) is 0 Å². The summed E-state index contributed by atoms with van der Waals surface area (Å²) in [4.78, 5) is 27.8. The van der Waals surface area contributed by atoms with E-state index in [1.54, 1.807) is 24.3 Å². The third kappa shape index (κ3) is 3.37. The Morgan fingerprint density at radius 1 is 0.960 bits per heavy atom. The van der Waals surface area contributed by atoms with Crippen molar-refractivity contribution in [3.63, 3.8) is 0 Å². The van der Waals surface area contributed by atoms with Gasteiger partial charge in [0.05, 0.1) is 21.2 Å². The Morgan fingerprint density at radius 3 is 2.20 bits per heavy atom. The highest BCUT2D eigenvalue weighted by atomic mass is 35.5. The number of aryl methyl sites for hydroxylation is 1. The van der Waals surface area contributed by atoms with Crippen molar-refractivity contribution < 1.29 is 9.59 Å². The first kappa shape index (κ1) is 17.8. The number of hydrogen-bond donors (Lipinski definition) is 0. The number of rotatable bonds is 4. The van der Waals surface area contributed by atoms with Gasteiger partial charge in [0, 0.05) is 5.25 Å². The molecule has 0 spiro atoms. The van der Waals surface area contributed by atoms with Gasteiger partial charge in [-0.1, -0.05) is 67.4 Å². The molecule has 0 aliphatic carbocycles. The normalized spacial score (nSPS) is 14.8. The number of carbonyl (C=O) groups excluding carboxylic acids is 2. The largest absolute Gasteiger partial charge is 0.272 e. The van der Waals surface area contributed by atoms with Crippen molar-refractivity contribution >= 4 is 46.4 Å². The maximum absolute atomic E-state index is 13.1. The summed E-state index contributed by atoms with van der Waals surface area (Å²) in [6.07, 6.45) is 0. The first-order chi connectivity index (χ1) is 11.9. The molecular formula is C20H18ClNO2S. The highest BCUT2D eigenvalue weighted by Gasteiger charge is 2.41. The van der Waals surface area contributed by atoms with Crippen LogP contribution in [0.4, 0.5) is 5.69 Å². The first-order valence-electron chi connectivity index (χ1n) is 8.01. The van der Waals surface area contributed by atoms with Gasteiger partial charge in [0.15, 0.2) is 0 Å². The summed E-state index contributed by atoms with van der Waals surface area (Å²) in [5, 5.41) is 0.557. The van der Waals surface area contributed by atoms with E-state index < -0.39 is 0 Å². The summed E-state index contributed by atoms with van der Waals surface area (Å²) in [5.41, 5.74) is 2.72. The second kappa shape index (κ2) is 7.06. The fourth-order valence-electron chi connectivity index (χ4n) is 2.68. The molecular weight excluding hydrogens is 354 g/mol. The van der Waals surface area contributed by atoms with Crippen LogP contribution in [0.5, 0.6) is 0 Å². The van der Waals surface area contributed by atoms with E-state index in [2.05, 4.69) is 0 Å². The van der Waals surface area contributed by atoms with Crippen LogP contribution in [0.3, 0.4) is 0 Å². The average Bonchev–Trinajstić information content (AvgIpc) is 2.80. The summed E-state index contributed by atoms with van der Waals surface area (Å²) in [5.74, 6) is -0.641. The molecule has 2 aromatic rings. The van der Waals surface area contributed by atoms with E-state index in [9.17, 15) is 9.59 Å². The van der Waals surface area contributed by atoms with Gasteiger partial charge in [0.25, 0.3) is 11.8 Å². The van der Waals surface area contributed by atoms with Crippen LogP contribution in [0.15, 0.2) is 53.4 Å². The van der Waals surface area contributed by atoms with Crippen molar-refractivity contribution in [3.8, 4) is 0 Å². The lowest BCUT2D eigenvalue weighted by Crippen LogP contribution is -2.31. The molecule has 3 rings (SSSR count). The number of para-hydroxylation sites is 1. The molecule has 0 N–H and O–H groups in total. The summed E-state index contributed by atoms with van der Waals surface area (Å²) < 4.78 is 0. The van der Waals surface area contributed by atoms with E-state index in [1.807, 2.05) is 45.0 Å². The van der Waals surface area contributed by atoms with Crippen LogP contribution < -0.4 is 4.90 Å². The number of hydrogen-bond acceptors (Lipinski definition) is 3. The topological polar surface area (TPSA) is 37.4 Å². The van der Waals surface area contributed by atoms with Gasteiger partial charge >= 0.3 is 0 Å². The van der Waals surface area contributed by atoms with Crippen LogP contribution in [0, 0.1) is 6.92 Å². The molecule has 1 heterocycles. The molecule has 2 amide bonds. The Balaban J connectivity index is 2.13. The molecule has 0 fully saturated rings. The summed E-state index contributed by atoms with van der Waals surface area (Å²) in [6, 6.07) is 14.5. The molecule has 0 saturated carbocycles. The van der Waals surface area contributed by atoms with Gasteiger partial charge in [-0.25, -0.2) is 4.90 Å². The van der Waals surface area contributed by atoms with Crippen LogP contribution in [-0.2, 0) is 9.59 Å². The molecule has 0 unspecified atom stereocenters. The first-order valence-corrected chi connectivity index (χ1v) is 9.27. The van der Waals surface area contributed by atoms with Gasteiger partial charge < -0.3 is 0 Å². The van der Waals surface area contributed by atoms with Crippen molar-refractivity contribution in [1.82, 2.24) is 0 Å². The van der Waals surface area contributed by atoms with E-state index in [0.29, 0.717) is 21.2 Å². The van der Waals surface area contributed by atoms with Gasteiger partial charge in [-0.05, 0) is 24.6 Å². The molecule has 0 aromatic heterocycles. The zero-order valence-electron chi connectivity index (χ0n) is 14.2. The van der Waals surface area contributed by atoms with E-state index in [0.717, 1.165) is 11.1 Å². The van der Waals surface area contributed by atoms with Gasteiger partial charge in [-0.2, -0.15) is 0 Å². The van der Waals surface area contributed by atoms with Gasteiger partial charge in [0.2, 0.25) is 0 Å². The SMILES string of the molecule is Cc1ccc(C2=C(SC(C)C)C(=O)N(c3ccccc3Cl)C2=O)cc1. The van der Waals surface area contributed by atoms with Crippen molar-refractivity contribution in [3.05, 3.63) is 69.6 Å². The molecule has 25 heavy (non-hydrogen) atoms. The third-order valence-electron chi connectivity index (χ3n) is 3.83. The minimum atomic E-state index is -0.329. The van der Waals surface area contributed by atoms with Gasteiger partial charge in [-0.3, -0.25) is 9.59 Å². The number of amides is 2. The lowest BCUT2D eigenvalue weighted by Gasteiger charge is -2.16. The number of halogens is 1. The van der Waals surface area contributed by atoms with E-state index >= 15 is 0 Å². The Bertz CT molecular complexity index is 872. The van der Waals surface area contributed by atoms with E-state index in [1.165, 1.54) is 16.7 Å². The molecule has 0 saturated heterocycles. The molecule has 1 aliphatic rings. The van der Waals surface area contributed by atoms with Crippen LogP contribution in [0.2, 0.25) is 5.02 Å². The predicted molar refractivity (Wildman–Crippen MR) is 105 cm³/mol. The summed E-state index contributed by atoms with van der Waals surface area (Å²) in [7, 11) is 0. The van der Waals surface area contributed by atoms with Crippen LogP contribution in [0.25, 0.3) is 5.57 Å². The fraction of sp³-hybridized carbons (Fsp3) is 0.200. The quantitative estimate of drug-likeness (QED) is 0.704. The highest BCUT2D eigenvalue weighted by molar-refractivity contribution is 8.04. The number of benzene rings is 2. The third-order valence-corrected chi connectivity index (χ3v) is 5.23. The number of thioether (sulfide) groups is 1. The van der Waals surface area contributed by atoms with E-state index in [4.69, 9.17) is 11.6 Å². The molecule has 0 bridgehead atoms. The summed E-state index contributed by atoms with van der Waals surface area (Å²) in [6.45, 7) is 5.99. The molecule has 128 valence electrons. The predicted octanol–water partition coefficient (Wildman–Crippen LogP) is 5.07. The molecule has 1 aliphatic heterocycles. The Labute approximate surface area is 156 Å². The second-order valence-electron chi connectivity index (χ2n) is 6.13. The zero-order chi connectivity index (χ0) is 18.1. The second-order valence-corrected chi connectivity index (χ2v) is 8.13. The maximum Gasteiger partial charge on any atom is 0.272 e. The maximum atomic E-state index is 13.1. The van der Waals surface area contributed by atoms with E-state index in [-0.39, 0.29) is 17.1 Å². The number of carbonyl (C=O) groups is 2. The van der Waals surface area contributed by atoms with Crippen molar-refractivity contribution in [1.29, 1.82) is 0 Å². The highest BCUT2D eigenvalue weighted by Crippen LogP contribution is 2.41. The number of anilines is 1. The van der Waals surface area contributed by atoms with Crippen molar-refractivity contribution in [2.45, 2.75) is 26.0 Å². The minimum absolute atomic E-state index is 0.179. The van der Waals surface area contributed by atoms with Crippen LogP contribution in [0.1, 0.15) is 25.0 Å². The summed E-state index contributed by atoms with van der Waals surface area (Å²) >= 11 is 7.64. The molecule has 2 aromatic carbocycles. The lowest BCUT2D eigenvalue weighted by molar-refractivity contribution is -0.119. The Kier molecular flexibility index (Phi) is 5.02. The van der Waals surface area contributed by atoms with Crippen LogP contribution in [-0.4, -0.2) is 17.1 Å². The number of nitrogens with zero attached hydrogens (tertiary/aromatic N) is 1. The zero-order valence-corrected chi connectivity index (χ0v) is 15.8. The standard InChI is InChI=1S/C20H18ClNO2S/c1-12(2)25-18-17(14-10-8-13(3)9-11-14)19(23)22(20(18)24)16-7-5-4-6-15(16)21/h4-12H,1-3H3.